The van der Waals surface area contributed by atoms with Gasteiger partial charge in [-0.3, -0.25) is 4.40 Å². The van der Waals surface area contributed by atoms with Crippen LogP contribution in [0.25, 0.3) is 5.65 Å². The summed E-state index contributed by atoms with van der Waals surface area (Å²) in [4.78, 5) is 8.47. The molecule has 0 bridgehead atoms. The third-order valence-electron chi connectivity index (χ3n) is 3.06. The highest BCUT2D eigenvalue weighted by atomic mass is 79.9. The van der Waals surface area contributed by atoms with Gasteiger partial charge in [-0.1, -0.05) is 11.6 Å². The SMILES string of the molecule is COc1ccc(Cl)cc1NCc1cnc2cnc(Br)cn12. The van der Waals surface area contributed by atoms with Gasteiger partial charge in [-0.2, -0.15) is 0 Å². The fraction of sp³-hybridized carbons (Fsp3) is 0.143. The number of nitrogens with zero attached hydrogens (tertiary/aromatic N) is 3. The van der Waals surface area contributed by atoms with Gasteiger partial charge in [-0.05, 0) is 34.1 Å². The lowest BCUT2D eigenvalue weighted by atomic mass is 10.3. The number of fused-ring (bicyclic) bond motifs is 1. The molecule has 0 radical (unpaired) electrons. The van der Waals surface area contributed by atoms with Gasteiger partial charge in [0.25, 0.3) is 0 Å². The average Bonchev–Trinajstić information content (AvgIpc) is 2.87. The monoisotopic (exact) mass is 366 g/mol. The van der Waals surface area contributed by atoms with Crippen LogP contribution in [-0.4, -0.2) is 21.5 Å². The molecule has 7 heteroatoms. The topological polar surface area (TPSA) is 51.5 Å². The summed E-state index contributed by atoms with van der Waals surface area (Å²) in [5, 5.41) is 3.97. The van der Waals surface area contributed by atoms with E-state index in [0.29, 0.717) is 11.6 Å². The number of imidazole rings is 1. The Morgan fingerprint density at radius 1 is 1.33 bits per heavy atom. The number of methoxy groups -OCH3 is 1. The van der Waals surface area contributed by atoms with Gasteiger partial charge < -0.3 is 10.1 Å². The summed E-state index contributed by atoms with van der Waals surface area (Å²) >= 11 is 9.38. The van der Waals surface area contributed by atoms with Gasteiger partial charge in [0.05, 0.1) is 37.4 Å². The summed E-state index contributed by atoms with van der Waals surface area (Å²) in [5.41, 5.74) is 2.65. The Kier molecular flexibility index (Phi) is 3.98. The normalized spacial score (nSPS) is 10.8. The number of aromatic nitrogens is 3. The molecule has 3 aromatic rings. The standard InChI is InChI=1S/C14H12BrClN4O/c1-21-12-3-2-9(16)4-11(12)17-5-10-6-19-14-7-18-13(15)8-20(10)14/h2-4,6-8,17H,5H2,1H3. The number of benzene rings is 1. The Hall–Kier alpha value is -1.79. The van der Waals surface area contributed by atoms with Crippen molar-refractivity contribution in [3.63, 3.8) is 0 Å². The average molecular weight is 368 g/mol. The molecule has 0 atom stereocenters. The highest BCUT2D eigenvalue weighted by Crippen LogP contribution is 2.28. The first-order chi connectivity index (χ1) is 10.2. The number of hydrogen-bond donors (Lipinski definition) is 1. The maximum Gasteiger partial charge on any atom is 0.155 e. The summed E-state index contributed by atoms with van der Waals surface area (Å²) in [5.74, 6) is 0.746. The molecule has 0 aliphatic heterocycles. The minimum absolute atomic E-state index is 0.592. The Morgan fingerprint density at radius 2 is 2.19 bits per heavy atom. The number of rotatable bonds is 4. The van der Waals surface area contributed by atoms with Crippen molar-refractivity contribution in [2.24, 2.45) is 0 Å². The molecule has 2 aromatic heterocycles. The minimum atomic E-state index is 0.592. The third-order valence-corrected chi connectivity index (χ3v) is 3.71. The van der Waals surface area contributed by atoms with E-state index >= 15 is 0 Å². The number of ether oxygens (including phenoxy) is 1. The summed E-state index contributed by atoms with van der Waals surface area (Å²) in [7, 11) is 1.63. The van der Waals surface area contributed by atoms with Gasteiger partial charge in [0.1, 0.15) is 10.4 Å². The van der Waals surface area contributed by atoms with E-state index in [1.807, 2.05) is 28.9 Å². The molecule has 21 heavy (non-hydrogen) atoms. The van der Waals surface area contributed by atoms with E-state index in [4.69, 9.17) is 16.3 Å². The van der Waals surface area contributed by atoms with E-state index in [-0.39, 0.29) is 0 Å². The van der Waals surface area contributed by atoms with Crippen molar-refractivity contribution >= 4 is 38.9 Å². The van der Waals surface area contributed by atoms with Gasteiger partial charge in [-0.25, -0.2) is 9.97 Å². The quantitative estimate of drug-likeness (QED) is 0.763. The molecule has 0 aliphatic rings. The zero-order valence-electron chi connectivity index (χ0n) is 11.2. The second-order valence-corrected chi connectivity index (χ2v) is 5.63. The van der Waals surface area contributed by atoms with E-state index in [2.05, 4.69) is 31.2 Å². The van der Waals surface area contributed by atoms with E-state index in [1.165, 1.54) is 0 Å². The molecule has 1 aromatic carbocycles. The lowest BCUT2D eigenvalue weighted by Gasteiger charge is -2.11. The van der Waals surface area contributed by atoms with Crippen LogP contribution in [0.2, 0.25) is 5.02 Å². The smallest absolute Gasteiger partial charge is 0.155 e. The maximum absolute atomic E-state index is 6.02. The van der Waals surface area contributed by atoms with Crippen molar-refractivity contribution in [2.45, 2.75) is 6.54 Å². The van der Waals surface area contributed by atoms with Crippen molar-refractivity contribution in [2.75, 3.05) is 12.4 Å². The van der Waals surface area contributed by atoms with Gasteiger partial charge in [0.15, 0.2) is 5.65 Å². The van der Waals surface area contributed by atoms with Crippen LogP contribution in [-0.2, 0) is 6.54 Å². The van der Waals surface area contributed by atoms with Crippen LogP contribution in [0.5, 0.6) is 5.75 Å². The molecule has 5 nitrogen and oxygen atoms in total. The molecule has 3 rings (SSSR count). The van der Waals surface area contributed by atoms with Crippen molar-refractivity contribution in [1.29, 1.82) is 0 Å². The van der Waals surface area contributed by atoms with Crippen LogP contribution in [0.15, 0.2) is 41.4 Å². The Morgan fingerprint density at radius 3 is 3.00 bits per heavy atom. The van der Waals surface area contributed by atoms with Gasteiger partial charge in [-0.15, -0.1) is 0 Å². The van der Waals surface area contributed by atoms with Crippen molar-refractivity contribution in [1.82, 2.24) is 14.4 Å². The predicted octanol–water partition coefficient (Wildman–Crippen LogP) is 3.77. The van der Waals surface area contributed by atoms with Gasteiger partial charge in [0.2, 0.25) is 0 Å². The zero-order chi connectivity index (χ0) is 14.8. The summed E-state index contributed by atoms with van der Waals surface area (Å²) in [6.45, 7) is 0.592. The first-order valence-corrected chi connectivity index (χ1v) is 7.39. The Balaban J connectivity index is 1.87. The molecule has 0 saturated carbocycles. The molecule has 0 fully saturated rings. The second kappa shape index (κ2) is 5.91. The fourth-order valence-corrected chi connectivity index (χ4v) is 2.53. The molecule has 0 amide bonds. The maximum atomic E-state index is 6.02. The lowest BCUT2D eigenvalue weighted by Crippen LogP contribution is -2.04. The van der Waals surface area contributed by atoms with Crippen molar-refractivity contribution in [3.8, 4) is 5.75 Å². The Bertz CT molecular complexity index is 790. The number of hydrogen-bond acceptors (Lipinski definition) is 4. The summed E-state index contributed by atoms with van der Waals surface area (Å²) in [6, 6.07) is 5.46. The molecule has 0 aliphatic carbocycles. The lowest BCUT2D eigenvalue weighted by molar-refractivity contribution is 0.416. The highest BCUT2D eigenvalue weighted by Gasteiger charge is 2.07. The molecular weight excluding hydrogens is 356 g/mol. The van der Waals surface area contributed by atoms with Gasteiger partial charge in [0, 0.05) is 11.2 Å². The molecule has 2 heterocycles. The molecule has 108 valence electrons. The fourth-order valence-electron chi connectivity index (χ4n) is 2.05. The third kappa shape index (κ3) is 2.96. The molecule has 0 spiro atoms. The van der Waals surface area contributed by atoms with Crippen LogP contribution in [0.3, 0.4) is 0 Å². The van der Waals surface area contributed by atoms with E-state index in [1.54, 1.807) is 19.4 Å². The highest BCUT2D eigenvalue weighted by molar-refractivity contribution is 9.10. The second-order valence-electron chi connectivity index (χ2n) is 4.39. The van der Waals surface area contributed by atoms with Crippen LogP contribution >= 0.6 is 27.5 Å². The van der Waals surface area contributed by atoms with Crippen LogP contribution < -0.4 is 10.1 Å². The Labute approximate surface area is 135 Å². The van der Waals surface area contributed by atoms with Crippen molar-refractivity contribution in [3.05, 3.63) is 52.1 Å². The first-order valence-electron chi connectivity index (χ1n) is 6.22. The van der Waals surface area contributed by atoms with Gasteiger partial charge >= 0.3 is 0 Å². The first kappa shape index (κ1) is 14.2. The number of nitrogens with one attached hydrogen (secondary N) is 1. The predicted molar refractivity (Wildman–Crippen MR) is 86.0 cm³/mol. The summed E-state index contributed by atoms with van der Waals surface area (Å²) < 4.78 is 8.05. The van der Waals surface area contributed by atoms with Crippen LogP contribution in [0, 0.1) is 0 Å². The largest absolute Gasteiger partial charge is 0.495 e. The zero-order valence-corrected chi connectivity index (χ0v) is 13.5. The number of anilines is 1. The van der Waals surface area contributed by atoms with Crippen LogP contribution in [0.4, 0.5) is 5.69 Å². The molecular formula is C14H12BrClN4O. The van der Waals surface area contributed by atoms with E-state index in [0.717, 1.165) is 27.4 Å². The van der Waals surface area contributed by atoms with Crippen molar-refractivity contribution < 1.29 is 4.74 Å². The molecule has 1 N–H and O–H groups in total. The summed E-state index contributed by atoms with van der Waals surface area (Å²) in [6.07, 6.45) is 5.41. The molecule has 0 unspecified atom stereocenters. The number of halogens is 2. The van der Waals surface area contributed by atoms with E-state index < -0.39 is 0 Å². The van der Waals surface area contributed by atoms with Crippen LogP contribution in [0.1, 0.15) is 5.69 Å². The molecule has 0 saturated heterocycles. The van der Waals surface area contributed by atoms with E-state index in [9.17, 15) is 0 Å². The minimum Gasteiger partial charge on any atom is -0.495 e.